The molecule has 1 aromatic heterocycles. The summed E-state index contributed by atoms with van der Waals surface area (Å²) < 4.78 is 0.133. The molecule has 0 fully saturated rings. The molecule has 0 aliphatic rings. The molecule has 0 amide bonds. The number of aromatic nitrogens is 2. The summed E-state index contributed by atoms with van der Waals surface area (Å²) in [6.45, 7) is 6.42. The molecule has 2 rings (SSSR count). The average Bonchev–Trinajstić information content (AvgIpc) is 2.35. The molecule has 0 aliphatic heterocycles. The fourth-order valence-electron chi connectivity index (χ4n) is 1.68. The lowest BCUT2D eigenvalue weighted by molar-refractivity contribution is 0.800. The van der Waals surface area contributed by atoms with Crippen molar-refractivity contribution in [1.29, 1.82) is 0 Å². The third-order valence-electron chi connectivity index (χ3n) is 2.61. The molecule has 0 N–H and O–H groups in total. The molecular weight excluding hydrogens is 347 g/mol. The van der Waals surface area contributed by atoms with E-state index in [1.807, 2.05) is 12.1 Å². The Labute approximate surface area is 144 Å². The number of hydrogen-bond donors (Lipinski definition) is 0. The molecule has 6 heteroatoms. The van der Waals surface area contributed by atoms with Crippen molar-refractivity contribution in [2.45, 2.75) is 31.3 Å². The molecule has 112 valence electrons. The molecule has 0 radical (unpaired) electrons. The third-order valence-corrected chi connectivity index (χ3v) is 4.67. The molecule has 0 aliphatic carbocycles. The average molecular weight is 362 g/mol. The second kappa shape index (κ2) is 6.74. The second-order valence-electron chi connectivity index (χ2n) is 5.51. The van der Waals surface area contributed by atoms with E-state index in [1.54, 1.807) is 23.9 Å². The van der Waals surface area contributed by atoms with E-state index in [4.69, 9.17) is 34.8 Å². The second-order valence-corrected chi connectivity index (χ2v) is 8.46. The summed E-state index contributed by atoms with van der Waals surface area (Å²) in [5.74, 6) is 1.30. The highest BCUT2D eigenvalue weighted by Gasteiger charge is 2.16. The van der Waals surface area contributed by atoms with Crippen molar-refractivity contribution in [3.05, 3.63) is 45.4 Å². The Morgan fingerprint density at radius 2 is 1.67 bits per heavy atom. The van der Waals surface area contributed by atoms with Crippen LogP contribution in [0.15, 0.2) is 24.3 Å². The topological polar surface area (TPSA) is 25.8 Å². The first-order valence-electron chi connectivity index (χ1n) is 6.38. The molecule has 0 saturated carbocycles. The first-order chi connectivity index (χ1) is 9.76. The summed E-state index contributed by atoms with van der Waals surface area (Å²) in [5, 5.41) is 1.32. The Morgan fingerprint density at radius 3 is 2.19 bits per heavy atom. The van der Waals surface area contributed by atoms with Gasteiger partial charge in [-0.25, -0.2) is 9.97 Å². The Morgan fingerprint density at radius 1 is 1.05 bits per heavy atom. The summed E-state index contributed by atoms with van der Waals surface area (Å²) in [5.41, 5.74) is 1.43. The van der Waals surface area contributed by atoms with Crippen LogP contribution in [0.2, 0.25) is 15.3 Å². The van der Waals surface area contributed by atoms with Gasteiger partial charge in [0.1, 0.15) is 16.1 Å². The molecule has 0 saturated heterocycles. The maximum absolute atomic E-state index is 6.28. The van der Waals surface area contributed by atoms with Crippen LogP contribution < -0.4 is 0 Å². The van der Waals surface area contributed by atoms with Gasteiger partial charge in [0.15, 0.2) is 0 Å². The van der Waals surface area contributed by atoms with Gasteiger partial charge in [0, 0.05) is 9.77 Å². The largest absolute Gasteiger partial charge is 0.220 e. The quantitative estimate of drug-likeness (QED) is 0.614. The van der Waals surface area contributed by atoms with Gasteiger partial charge in [-0.3, -0.25) is 0 Å². The first kappa shape index (κ1) is 16.9. The highest BCUT2D eigenvalue weighted by Crippen LogP contribution is 2.34. The standard InChI is InChI=1S/C15H15Cl3N2S/c1-15(2,3)21-8-11-19-13(17)12(14(18)20-11)9-5-4-6-10(16)7-9/h4-7H,8H2,1-3H3. The van der Waals surface area contributed by atoms with Crippen LogP contribution in [0.3, 0.4) is 0 Å². The summed E-state index contributed by atoms with van der Waals surface area (Å²) in [6.07, 6.45) is 0. The monoisotopic (exact) mass is 360 g/mol. The highest BCUT2D eigenvalue weighted by atomic mass is 35.5. The molecule has 0 bridgehead atoms. The van der Waals surface area contributed by atoms with Crippen LogP contribution in [0.5, 0.6) is 0 Å². The molecule has 2 aromatic rings. The molecule has 0 unspecified atom stereocenters. The minimum absolute atomic E-state index is 0.133. The number of thioether (sulfide) groups is 1. The Hall–Kier alpha value is -0.480. The molecular formula is C15H15Cl3N2S. The van der Waals surface area contributed by atoms with Crippen molar-refractivity contribution in [1.82, 2.24) is 9.97 Å². The van der Waals surface area contributed by atoms with E-state index in [9.17, 15) is 0 Å². The van der Waals surface area contributed by atoms with Gasteiger partial charge >= 0.3 is 0 Å². The van der Waals surface area contributed by atoms with Crippen LogP contribution in [-0.2, 0) is 5.75 Å². The van der Waals surface area contributed by atoms with E-state index >= 15 is 0 Å². The Bertz CT molecular complexity index is 631. The van der Waals surface area contributed by atoms with Crippen LogP contribution in [-0.4, -0.2) is 14.7 Å². The minimum Gasteiger partial charge on any atom is -0.220 e. The van der Waals surface area contributed by atoms with E-state index < -0.39 is 0 Å². The summed E-state index contributed by atoms with van der Waals surface area (Å²) in [6, 6.07) is 7.31. The van der Waals surface area contributed by atoms with Crippen LogP contribution in [0.1, 0.15) is 26.6 Å². The predicted octanol–water partition coefficient (Wildman–Crippen LogP) is 6.14. The van der Waals surface area contributed by atoms with Gasteiger partial charge in [-0.2, -0.15) is 0 Å². The summed E-state index contributed by atoms with van der Waals surface area (Å²) in [4.78, 5) is 8.70. The van der Waals surface area contributed by atoms with Gasteiger partial charge in [0.05, 0.1) is 11.3 Å². The molecule has 21 heavy (non-hydrogen) atoms. The molecule has 1 heterocycles. The number of nitrogens with zero attached hydrogens (tertiary/aromatic N) is 2. The molecule has 2 nitrogen and oxygen atoms in total. The lowest BCUT2D eigenvalue weighted by Gasteiger charge is -2.17. The van der Waals surface area contributed by atoms with Gasteiger partial charge in [-0.1, -0.05) is 67.7 Å². The van der Waals surface area contributed by atoms with E-state index in [-0.39, 0.29) is 4.75 Å². The van der Waals surface area contributed by atoms with Gasteiger partial charge in [-0.15, -0.1) is 11.8 Å². The maximum Gasteiger partial charge on any atom is 0.142 e. The summed E-state index contributed by atoms with van der Waals surface area (Å²) in [7, 11) is 0. The van der Waals surface area contributed by atoms with Crippen LogP contribution >= 0.6 is 46.6 Å². The zero-order valence-electron chi connectivity index (χ0n) is 12.0. The van der Waals surface area contributed by atoms with E-state index in [0.717, 1.165) is 5.56 Å². The van der Waals surface area contributed by atoms with Gasteiger partial charge < -0.3 is 0 Å². The number of hydrogen-bond acceptors (Lipinski definition) is 3. The Balaban J connectivity index is 2.34. The summed E-state index contributed by atoms with van der Waals surface area (Å²) >= 11 is 20.3. The SMILES string of the molecule is CC(C)(C)SCc1nc(Cl)c(-c2cccc(Cl)c2)c(Cl)n1. The van der Waals surface area contributed by atoms with Crippen LogP contribution in [0.4, 0.5) is 0 Å². The smallest absolute Gasteiger partial charge is 0.142 e. The zero-order chi connectivity index (χ0) is 15.6. The van der Waals surface area contributed by atoms with Crippen molar-refractivity contribution in [2.75, 3.05) is 0 Å². The van der Waals surface area contributed by atoms with Gasteiger partial charge in [0.25, 0.3) is 0 Å². The van der Waals surface area contributed by atoms with Crippen LogP contribution in [0, 0.1) is 0 Å². The fourth-order valence-corrected chi connectivity index (χ4v) is 3.20. The van der Waals surface area contributed by atoms with Crippen molar-refractivity contribution in [3.63, 3.8) is 0 Å². The highest BCUT2D eigenvalue weighted by molar-refractivity contribution is 7.99. The molecule has 0 spiro atoms. The lowest BCUT2D eigenvalue weighted by atomic mass is 10.1. The molecule has 1 aromatic carbocycles. The van der Waals surface area contributed by atoms with Gasteiger partial charge in [-0.05, 0) is 17.7 Å². The normalized spacial score (nSPS) is 11.7. The van der Waals surface area contributed by atoms with Crippen LogP contribution in [0.25, 0.3) is 11.1 Å². The first-order valence-corrected chi connectivity index (χ1v) is 8.50. The van der Waals surface area contributed by atoms with Gasteiger partial charge in [0.2, 0.25) is 0 Å². The molecule has 0 atom stereocenters. The zero-order valence-corrected chi connectivity index (χ0v) is 15.0. The number of benzene rings is 1. The fraction of sp³-hybridized carbons (Fsp3) is 0.333. The van der Waals surface area contributed by atoms with E-state index in [1.165, 1.54) is 0 Å². The van der Waals surface area contributed by atoms with Crippen molar-refractivity contribution >= 4 is 46.6 Å². The predicted molar refractivity (Wildman–Crippen MR) is 93.5 cm³/mol. The van der Waals surface area contributed by atoms with Crippen molar-refractivity contribution < 1.29 is 0 Å². The van der Waals surface area contributed by atoms with Crippen molar-refractivity contribution in [3.8, 4) is 11.1 Å². The van der Waals surface area contributed by atoms with E-state index in [0.29, 0.717) is 32.5 Å². The maximum atomic E-state index is 6.28. The lowest BCUT2D eigenvalue weighted by Crippen LogP contribution is -2.09. The minimum atomic E-state index is 0.133. The van der Waals surface area contributed by atoms with Crippen molar-refractivity contribution in [2.24, 2.45) is 0 Å². The Kier molecular flexibility index (Phi) is 5.42. The number of rotatable bonds is 3. The third kappa shape index (κ3) is 4.75. The van der Waals surface area contributed by atoms with E-state index in [2.05, 4.69) is 30.7 Å². The number of halogens is 3.